The molecule has 1 unspecified atom stereocenters. The minimum atomic E-state index is -0.398. The lowest BCUT2D eigenvalue weighted by Gasteiger charge is -2.18. The summed E-state index contributed by atoms with van der Waals surface area (Å²) >= 11 is 2.19. The molecule has 5 heteroatoms. The van der Waals surface area contributed by atoms with Crippen LogP contribution in [0.15, 0.2) is 27.4 Å². The zero-order valence-electron chi connectivity index (χ0n) is 13.1. The highest BCUT2D eigenvalue weighted by Crippen LogP contribution is 2.26. The van der Waals surface area contributed by atoms with Gasteiger partial charge in [-0.25, -0.2) is 0 Å². The van der Waals surface area contributed by atoms with Crippen LogP contribution in [0.25, 0.3) is 11.0 Å². The summed E-state index contributed by atoms with van der Waals surface area (Å²) in [6.07, 6.45) is 2.75. The van der Waals surface area contributed by atoms with Crippen LogP contribution >= 0.6 is 22.6 Å². The van der Waals surface area contributed by atoms with Crippen LogP contribution in [0.1, 0.15) is 38.7 Å². The van der Waals surface area contributed by atoms with Gasteiger partial charge in [0.25, 0.3) is 5.95 Å². The molecule has 0 aliphatic rings. The van der Waals surface area contributed by atoms with Crippen LogP contribution in [-0.2, 0) is 11.2 Å². The average Bonchev–Trinajstić information content (AvgIpc) is 2.51. The summed E-state index contributed by atoms with van der Waals surface area (Å²) in [6, 6.07) is 5.57. The summed E-state index contributed by atoms with van der Waals surface area (Å²) < 4.78 is 18.0. The molecule has 1 atom stereocenters. The standard InChI is InChI=1S/C17H21IO4/c1-4-6-12-16(19)13-10-11(18)8-9-14(13)21-17(12)22-15(20-3)7-5-2/h8-10,15H,4-7H2,1-3H3. The van der Waals surface area contributed by atoms with Crippen LogP contribution in [0.3, 0.4) is 0 Å². The molecule has 0 radical (unpaired) electrons. The zero-order chi connectivity index (χ0) is 16.1. The largest absolute Gasteiger partial charge is 0.435 e. The van der Waals surface area contributed by atoms with E-state index in [9.17, 15) is 4.79 Å². The monoisotopic (exact) mass is 416 g/mol. The molecule has 0 saturated heterocycles. The molecule has 0 saturated carbocycles. The quantitative estimate of drug-likeness (QED) is 0.493. The molecule has 0 N–H and O–H groups in total. The van der Waals surface area contributed by atoms with Gasteiger partial charge in [-0.1, -0.05) is 26.7 Å². The van der Waals surface area contributed by atoms with Crippen molar-refractivity contribution in [3.05, 3.63) is 37.6 Å². The smallest absolute Gasteiger partial charge is 0.294 e. The lowest BCUT2D eigenvalue weighted by molar-refractivity contribution is -0.0706. The number of hydrogen-bond acceptors (Lipinski definition) is 4. The van der Waals surface area contributed by atoms with Gasteiger partial charge in [-0.2, -0.15) is 0 Å². The molecule has 2 aromatic rings. The van der Waals surface area contributed by atoms with Crippen molar-refractivity contribution in [2.75, 3.05) is 7.11 Å². The van der Waals surface area contributed by atoms with Gasteiger partial charge in [0.15, 0.2) is 5.43 Å². The molecule has 0 aliphatic carbocycles. The molecule has 0 bridgehead atoms. The maximum atomic E-state index is 12.7. The second kappa shape index (κ2) is 7.97. The molecule has 4 nitrogen and oxygen atoms in total. The summed E-state index contributed by atoms with van der Waals surface area (Å²) in [5.74, 6) is 0.292. The van der Waals surface area contributed by atoms with E-state index >= 15 is 0 Å². The molecule has 22 heavy (non-hydrogen) atoms. The van der Waals surface area contributed by atoms with E-state index in [0.717, 1.165) is 22.8 Å². The Bertz CT molecular complexity index is 693. The maximum Gasteiger partial charge on any atom is 0.294 e. The second-order valence-electron chi connectivity index (χ2n) is 5.16. The Morgan fingerprint density at radius 1 is 1.27 bits per heavy atom. The molecule has 120 valence electrons. The van der Waals surface area contributed by atoms with Gasteiger partial charge >= 0.3 is 0 Å². The van der Waals surface area contributed by atoms with E-state index < -0.39 is 6.29 Å². The lowest BCUT2D eigenvalue weighted by Crippen LogP contribution is -2.21. The Morgan fingerprint density at radius 2 is 2.05 bits per heavy atom. The Labute approximate surface area is 143 Å². The third-order valence-electron chi connectivity index (χ3n) is 3.44. The number of hydrogen-bond donors (Lipinski definition) is 0. The summed E-state index contributed by atoms with van der Waals surface area (Å²) in [5.41, 5.74) is 1.13. The Hall–Kier alpha value is -1.08. The first kappa shape index (κ1) is 17.3. The van der Waals surface area contributed by atoms with Crippen LogP contribution in [0.4, 0.5) is 0 Å². The SMILES string of the molecule is CCCc1c(OC(CCC)OC)oc2ccc(I)cc2c1=O. The van der Waals surface area contributed by atoms with Gasteiger partial charge in [-0.3, -0.25) is 4.79 Å². The van der Waals surface area contributed by atoms with Crippen LogP contribution < -0.4 is 10.2 Å². The minimum absolute atomic E-state index is 0.0111. The first-order chi connectivity index (χ1) is 10.6. The fraction of sp³-hybridized carbons (Fsp3) is 0.471. The topological polar surface area (TPSA) is 48.7 Å². The summed E-state index contributed by atoms with van der Waals surface area (Å²) in [6.45, 7) is 4.09. The van der Waals surface area contributed by atoms with Gasteiger partial charge in [-0.15, -0.1) is 0 Å². The number of rotatable bonds is 7. The average molecular weight is 416 g/mol. The van der Waals surface area contributed by atoms with Crippen molar-refractivity contribution in [1.82, 2.24) is 0 Å². The van der Waals surface area contributed by atoms with Crippen molar-refractivity contribution in [1.29, 1.82) is 0 Å². The van der Waals surface area contributed by atoms with E-state index in [1.807, 2.05) is 25.1 Å². The Balaban J connectivity index is 2.54. The highest BCUT2D eigenvalue weighted by atomic mass is 127. The summed E-state index contributed by atoms with van der Waals surface area (Å²) in [7, 11) is 1.60. The van der Waals surface area contributed by atoms with Crippen LogP contribution in [0.2, 0.25) is 0 Å². The second-order valence-corrected chi connectivity index (χ2v) is 6.41. The molecule has 0 amide bonds. The van der Waals surface area contributed by atoms with E-state index in [1.54, 1.807) is 7.11 Å². The van der Waals surface area contributed by atoms with E-state index in [0.29, 0.717) is 28.9 Å². The van der Waals surface area contributed by atoms with E-state index in [4.69, 9.17) is 13.9 Å². The highest BCUT2D eigenvalue weighted by molar-refractivity contribution is 14.1. The number of benzene rings is 1. The molecular formula is C17H21IO4. The van der Waals surface area contributed by atoms with Gasteiger partial charge in [0.1, 0.15) is 5.58 Å². The van der Waals surface area contributed by atoms with Gasteiger partial charge in [0.05, 0.1) is 10.9 Å². The lowest BCUT2D eigenvalue weighted by atomic mass is 10.1. The first-order valence-corrected chi connectivity index (χ1v) is 8.63. The molecule has 1 heterocycles. The van der Waals surface area contributed by atoms with Gasteiger partial charge in [0.2, 0.25) is 6.29 Å². The van der Waals surface area contributed by atoms with Crippen molar-refractivity contribution in [2.24, 2.45) is 0 Å². The third kappa shape index (κ3) is 3.81. The Morgan fingerprint density at radius 3 is 2.68 bits per heavy atom. The van der Waals surface area contributed by atoms with Crippen molar-refractivity contribution >= 4 is 33.6 Å². The predicted octanol–water partition coefficient (Wildman–Crippen LogP) is 4.50. The van der Waals surface area contributed by atoms with E-state index in [-0.39, 0.29) is 5.43 Å². The molecule has 0 aliphatic heterocycles. The van der Waals surface area contributed by atoms with Crippen molar-refractivity contribution in [3.8, 4) is 5.95 Å². The predicted molar refractivity (Wildman–Crippen MR) is 95.5 cm³/mol. The van der Waals surface area contributed by atoms with Crippen LogP contribution in [0, 0.1) is 3.57 Å². The fourth-order valence-corrected chi connectivity index (χ4v) is 2.82. The van der Waals surface area contributed by atoms with Crippen molar-refractivity contribution < 1.29 is 13.9 Å². The fourth-order valence-electron chi connectivity index (χ4n) is 2.33. The molecule has 1 aromatic carbocycles. The third-order valence-corrected chi connectivity index (χ3v) is 4.11. The molecule has 0 spiro atoms. The van der Waals surface area contributed by atoms with E-state index in [2.05, 4.69) is 29.5 Å². The molecule has 2 rings (SSSR count). The molecule has 1 aromatic heterocycles. The van der Waals surface area contributed by atoms with E-state index in [1.165, 1.54) is 0 Å². The molecule has 0 fully saturated rings. The zero-order valence-corrected chi connectivity index (χ0v) is 15.3. The summed E-state index contributed by atoms with van der Waals surface area (Å²) in [5, 5.41) is 0.604. The van der Waals surface area contributed by atoms with Crippen molar-refractivity contribution in [3.63, 3.8) is 0 Å². The number of halogens is 1. The van der Waals surface area contributed by atoms with Gasteiger partial charge < -0.3 is 13.9 Å². The number of fused-ring (bicyclic) bond motifs is 1. The Kier molecular flexibility index (Phi) is 6.26. The highest BCUT2D eigenvalue weighted by Gasteiger charge is 2.19. The van der Waals surface area contributed by atoms with Crippen LogP contribution in [0.5, 0.6) is 5.95 Å². The number of methoxy groups -OCH3 is 1. The minimum Gasteiger partial charge on any atom is -0.435 e. The van der Waals surface area contributed by atoms with Crippen LogP contribution in [-0.4, -0.2) is 13.4 Å². The first-order valence-electron chi connectivity index (χ1n) is 7.55. The van der Waals surface area contributed by atoms with Gasteiger partial charge in [-0.05, 0) is 47.2 Å². The van der Waals surface area contributed by atoms with Crippen molar-refractivity contribution in [2.45, 2.75) is 45.8 Å². The normalized spacial score (nSPS) is 12.5. The molecular weight excluding hydrogens is 395 g/mol. The maximum absolute atomic E-state index is 12.7. The van der Waals surface area contributed by atoms with Gasteiger partial charge in [0, 0.05) is 17.1 Å². The summed E-state index contributed by atoms with van der Waals surface area (Å²) in [4.78, 5) is 12.7. The number of ether oxygens (including phenoxy) is 2.